The summed E-state index contributed by atoms with van der Waals surface area (Å²) in [5.41, 5.74) is 8.70. The number of piperidine rings is 2. The molecule has 3 saturated heterocycles. The Labute approximate surface area is 381 Å². The molecule has 6 heterocycles. The average molecular weight is 955 g/mol. The number of carbonyl (C=O) groups excluding carboxylic acids is 2. The number of halogens is 1. The molecule has 3 aromatic carbocycles. The molecule has 2 amide bonds. The molecule has 3 N–H and O–H groups in total. The Morgan fingerprint density at radius 1 is 0.952 bits per heavy atom. The Bertz CT molecular complexity index is 2620. The minimum absolute atomic E-state index is 0.163. The fourth-order valence-corrected chi connectivity index (χ4v) is 11.8. The zero-order valence-corrected chi connectivity index (χ0v) is 39.3. The Kier molecular flexibility index (Phi) is 12.5. The molecule has 2 atom stereocenters. The van der Waals surface area contributed by atoms with E-state index in [2.05, 4.69) is 104 Å². The van der Waals surface area contributed by atoms with Gasteiger partial charge < -0.3 is 24.8 Å². The second-order valence-electron chi connectivity index (χ2n) is 17.2. The molecule has 9 rings (SSSR count). The summed E-state index contributed by atoms with van der Waals surface area (Å²) in [5.74, 6) is 1.17. The quantitative estimate of drug-likeness (QED) is 0.0640. The predicted octanol–water partition coefficient (Wildman–Crippen LogP) is 6.57. The van der Waals surface area contributed by atoms with Gasteiger partial charge in [-0.25, -0.2) is 4.98 Å². The summed E-state index contributed by atoms with van der Waals surface area (Å²) in [5, 5.41) is 9.72. The number of piperazine rings is 1. The zero-order chi connectivity index (χ0) is 44.0. The Hall–Kier alpha value is -4.64. The van der Waals surface area contributed by atoms with Crippen LogP contribution in [0.2, 0.25) is 0 Å². The number of aromatic nitrogens is 4. The number of amides is 2. The summed E-state index contributed by atoms with van der Waals surface area (Å²) in [4.78, 5) is 52.6. The summed E-state index contributed by atoms with van der Waals surface area (Å²) < 4.78 is 20.1. The third-order valence-corrected chi connectivity index (χ3v) is 15.6. The van der Waals surface area contributed by atoms with Gasteiger partial charge in [0, 0.05) is 95.2 Å². The SMILES string of the molecule is COc1cc(N2CCC(N3CCN(Cc4cccc5c4CN(C4CCC(=O)NC4=O)C5S)CC3)CC2)c(C)cc1Nc1ncc(Br)c(Nc2ccc3nccnc3c2P(C)(C)=O)n1. The Morgan fingerprint density at radius 2 is 1.73 bits per heavy atom. The maximum atomic E-state index is 13.5. The lowest BCUT2D eigenvalue weighted by atomic mass is 10.00. The molecule has 18 heteroatoms. The monoisotopic (exact) mass is 953 g/mol. The molecule has 0 radical (unpaired) electrons. The summed E-state index contributed by atoms with van der Waals surface area (Å²) in [7, 11) is -1.09. The van der Waals surface area contributed by atoms with Crippen molar-refractivity contribution in [2.45, 2.75) is 63.2 Å². The number of rotatable bonds is 11. The van der Waals surface area contributed by atoms with Crippen molar-refractivity contribution < 1.29 is 18.9 Å². The van der Waals surface area contributed by atoms with Crippen LogP contribution in [0.5, 0.6) is 5.75 Å². The van der Waals surface area contributed by atoms with E-state index in [1.807, 2.05) is 12.1 Å². The minimum Gasteiger partial charge on any atom is -0.494 e. The highest BCUT2D eigenvalue weighted by molar-refractivity contribution is 9.10. The van der Waals surface area contributed by atoms with E-state index in [0.29, 0.717) is 69.4 Å². The lowest BCUT2D eigenvalue weighted by molar-refractivity contribution is -0.137. The van der Waals surface area contributed by atoms with Crippen molar-refractivity contribution >= 4 is 92.7 Å². The number of hydrogen-bond donors (Lipinski definition) is 4. The number of hydrogen-bond acceptors (Lipinski definition) is 15. The molecule has 4 aliphatic heterocycles. The van der Waals surface area contributed by atoms with Gasteiger partial charge in [0.15, 0.2) is 0 Å². The number of nitrogens with one attached hydrogen (secondary N) is 3. The topological polar surface area (TPSA) is 161 Å². The van der Waals surface area contributed by atoms with Gasteiger partial charge in [-0.05, 0) is 95.9 Å². The number of anilines is 5. The van der Waals surface area contributed by atoms with Gasteiger partial charge in [-0.2, -0.15) is 17.6 Å². The molecule has 2 unspecified atom stereocenters. The molecule has 0 bridgehead atoms. The van der Waals surface area contributed by atoms with E-state index in [1.54, 1.807) is 39.0 Å². The lowest BCUT2D eigenvalue weighted by Crippen LogP contribution is -2.53. The van der Waals surface area contributed by atoms with Crippen molar-refractivity contribution in [2.24, 2.45) is 0 Å². The van der Waals surface area contributed by atoms with E-state index in [4.69, 9.17) is 22.3 Å². The van der Waals surface area contributed by atoms with E-state index in [0.717, 1.165) is 75.6 Å². The molecule has 5 aromatic rings. The first-order chi connectivity index (χ1) is 30.3. The van der Waals surface area contributed by atoms with Crippen molar-refractivity contribution in [1.82, 2.24) is 40.0 Å². The Balaban J connectivity index is 0.807. The maximum absolute atomic E-state index is 13.5. The molecule has 3 fully saturated rings. The molecule has 2 aromatic heterocycles. The van der Waals surface area contributed by atoms with Gasteiger partial charge in [-0.1, -0.05) is 18.2 Å². The van der Waals surface area contributed by atoms with Crippen molar-refractivity contribution in [3.8, 4) is 5.75 Å². The van der Waals surface area contributed by atoms with Crippen LogP contribution in [0.4, 0.5) is 28.8 Å². The zero-order valence-electron chi connectivity index (χ0n) is 36.0. The first-order valence-electron chi connectivity index (χ1n) is 21.5. The molecule has 0 aliphatic carbocycles. The van der Waals surface area contributed by atoms with Crippen molar-refractivity contribution in [1.29, 1.82) is 0 Å². The van der Waals surface area contributed by atoms with Crippen LogP contribution in [0.25, 0.3) is 11.0 Å². The first-order valence-corrected chi connectivity index (χ1v) is 25.4. The van der Waals surface area contributed by atoms with Gasteiger partial charge >= 0.3 is 0 Å². The van der Waals surface area contributed by atoms with E-state index >= 15 is 0 Å². The third-order valence-electron chi connectivity index (χ3n) is 12.9. The second-order valence-corrected chi connectivity index (χ2v) is 21.7. The summed E-state index contributed by atoms with van der Waals surface area (Å²) in [6, 6.07) is 14.6. The third kappa shape index (κ3) is 9.05. The van der Waals surface area contributed by atoms with Crippen LogP contribution in [0.1, 0.15) is 53.3 Å². The highest BCUT2D eigenvalue weighted by Crippen LogP contribution is 2.43. The van der Waals surface area contributed by atoms with Crippen LogP contribution in [-0.4, -0.2) is 118 Å². The second kappa shape index (κ2) is 18.1. The van der Waals surface area contributed by atoms with Gasteiger partial charge in [-0.3, -0.25) is 39.6 Å². The molecule has 0 spiro atoms. The van der Waals surface area contributed by atoms with Gasteiger partial charge in [-0.15, -0.1) is 0 Å². The van der Waals surface area contributed by atoms with Crippen LogP contribution < -0.4 is 30.9 Å². The number of fused-ring (bicyclic) bond motifs is 2. The first kappa shape index (κ1) is 43.6. The molecule has 0 saturated carbocycles. The average Bonchev–Trinajstić information content (AvgIpc) is 3.61. The van der Waals surface area contributed by atoms with E-state index in [1.165, 1.54) is 16.7 Å². The van der Waals surface area contributed by atoms with E-state index in [9.17, 15) is 14.2 Å². The lowest BCUT2D eigenvalue weighted by Gasteiger charge is -2.43. The van der Waals surface area contributed by atoms with Crippen LogP contribution in [0.3, 0.4) is 0 Å². The van der Waals surface area contributed by atoms with E-state index in [-0.39, 0.29) is 23.2 Å². The molecular weight excluding hydrogens is 902 g/mol. The van der Waals surface area contributed by atoms with Crippen LogP contribution in [0.15, 0.2) is 65.5 Å². The molecule has 4 aliphatic rings. The van der Waals surface area contributed by atoms with Gasteiger partial charge in [0.2, 0.25) is 17.8 Å². The highest BCUT2D eigenvalue weighted by atomic mass is 79.9. The number of nitrogens with zero attached hydrogens (tertiary/aromatic N) is 8. The van der Waals surface area contributed by atoms with Crippen molar-refractivity contribution in [3.05, 3.63) is 87.8 Å². The van der Waals surface area contributed by atoms with Gasteiger partial charge in [0.25, 0.3) is 0 Å². The largest absolute Gasteiger partial charge is 0.494 e. The predicted molar refractivity (Wildman–Crippen MR) is 255 cm³/mol. The number of ether oxygens (including phenoxy) is 1. The van der Waals surface area contributed by atoms with E-state index < -0.39 is 7.14 Å². The summed E-state index contributed by atoms with van der Waals surface area (Å²) in [6.45, 7) is 13.1. The molecule has 63 heavy (non-hydrogen) atoms. The standard InChI is InChI=1S/C45H53BrN11O4PS/c1-27-22-35(51-45-49-24-32(46)42(53-45)50-34-9-8-33-40(48-15-14-47-33)41(34)62(3,4)60)38(61-2)23-37(27)56-16-12-29(13-17-56)55-20-18-54(19-21-55)25-28-6-5-7-30-31(28)26-57(44(30)63)36-10-11-39(58)52-43(36)59/h5-9,14-15,22-24,29,36,44,63H,10-13,16-21,25-26H2,1-4H3,(H,52,58,59)(H2,49,50,51,53). The fraction of sp³-hybridized carbons (Fsp3) is 0.422. The number of aryl methyl sites for hydroxylation is 1. The van der Waals surface area contributed by atoms with Crippen LogP contribution >= 0.6 is 35.7 Å². The number of benzene rings is 3. The number of methoxy groups -OCH3 is 1. The molecule has 15 nitrogen and oxygen atoms in total. The number of thiol groups is 1. The van der Waals surface area contributed by atoms with Gasteiger partial charge in [0.05, 0.1) is 45.2 Å². The normalized spacial score (nSPS) is 20.5. The molecule has 330 valence electrons. The number of carbonyl (C=O) groups is 2. The number of imide groups is 1. The summed E-state index contributed by atoms with van der Waals surface area (Å²) >= 11 is 8.53. The summed E-state index contributed by atoms with van der Waals surface area (Å²) in [6.07, 6.45) is 8.00. The van der Waals surface area contributed by atoms with Gasteiger partial charge in [0.1, 0.15) is 24.2 Å². The maximum Gasteiger partial charge on any atom is 0.243 e. The minimum atomic E-state index is -2.77. The fourth-order valence-electron chi connectivity index (χ4n) is 9.68. The van der Waals surface area contributed by atoms with Crippen molar-refractivity contribution in [3.63, 3.8) is 0 Å². The van der Waals surface area contributed by atoms with Crippen molar-refractivity contribution in [2.75, 3.05) is 75.2 Å². The van der Waals surface area contributed by atoms with Crippen LogP contribution in [-0.2, 0) is 27.2 Å². The highest BCUT2D eigenvalue weighted by Gasteiger charge is 2.40. The molecular formula is C45H53BrN11O4PS. The van der Waals surface area contributed by atoms with Crippen LogP contribution in [0, 0.1) is 6.92 Å². The smallest absolute Gasteiger partial charge is 0.243 e. The Morgan fingerprint density at radius 3 is 2.48 bits per heavy atom.